The van der Waals surface area contributed by atoms with Gasteiger partial charge in [0.1, 0.15) is 0 Å². The summed E-state index contributed by atoms with van der Waals surface area (Å²) in [6.07, 6.45) is 5.77. The van der Waals surface area contributed by atoms with Crippen molar-refractivity contribution in [2.24, 2.45) is 0 Å². The van der Waals surface area contributed by atoms with Crippen LogP contribution in [0.25, 0.3) is 5.57 Å². The van der Waals surface area contributed by atoms with E-state index < -0.39 is 0 Å². The average Bonchev–Trinajstić information content (AvgIpc) is 2.60. The molecule has 1 aromatic rings. The minimum absolute atomic E-state index is 0. The molecule has 0 nitrogen and oxygen atoms in total. The first-order valence-electron chi connectivity index (χ1n) is 4.53. The van der Waals surface area contributed by atoms with Crippen LogP contribution in [0.3, 0.4) is 0 Å². The third kappa shape index (κ3) is 3.80. The van der Waals surface area contributed by atoms with Gasteiger partial charge in [0.15, 0.2) is 0 Å². The Morgan fingerprint density at radius 1 is 1.22 bits per heavy atom. The fraction of sp³-hybridized carbons (Fsp3) is 0.167. The molecule has 6 heteroatoms. The van der Waals surface area contributed by atoms with Crippen molar-refractivity contribution in [3.05, 3.63) is 45.1 Å². The predicted octanol–water partition coefficient (Wildman–Crippen LogP) is -5.08. The molecule has 0 N–H and O–H groups in total. The van der Waals surface area contributed by atoms with Gasteiger partial charge in [-0.1, -0.05) is 53.3 Å². The van der Waals surface area contributed by atoms with E-state index in [0.717, 1.165) is 0 Å². The number of hydrogen-bond acceptors (Lipinski definition) is 1. The summed E-state index contributed by atoms with van der Waals surface area (Å²) in [5.74, 6) is 0. The second-order valence-corrected chi connectivity index (χ2v) is 5.89. The Morgan fingerprint density at radius 2 is 1.89 bits per heavy atom. The molecule has 0 amide bonds. The number of benzene rings is 1. The van der Waals surface area contributed by atoms with Gasteiger partial charge in [0.2, 0.25) is 0 Å². The van der Waals surface area contributed by atoms with E-state index in [0.29, 0.717) is 5.25 Å². The SMILES string of the molecule is CC1=CC2Sc3cccc(I)c3C2=[C-]1.[Cl-].[Cl-].[Cl-].[Zr+4]. The van der Waals surface area contributed by atoms with Crippen LogP contribution in [0.15, 0.2) is 34.7 Å². The van der Waals surface area contributed by atoms with Gasteiger partial charge in [-0.25, -0.2) is 0 Å². The largest absolute Gasteiger partial charge is 4.00 e. The molecule has 1 heterocycles. The van der Waals surface area contributed by atoms with E-state index in [4.69, 9.17) is 0 Å². The summed E-state index contributed by atoms with van der Waals surface area (Å²) in [7, 11) is 0. The van der Waals surface area contributed by atoms with Crippen molar-refractivity contribution in [1.29, 1.82) is 0 Å². The molecule has 1 aromatic carbocycles. The van der Waals surface area contributed by atoms with E-state index in [1.54, 1.807) is 0 Å². The van der Waals surface area contributed by atoms with Gasteiger partial charge in [-0.05, 0) is 13.7 Å². The summed E-state index contributed by atoms with van der Waals surface area (Å²) < 4.78 is 1.35. The first kappa shape index (κ1) is 21.8. The number of allylic oxidation sites excluding steroid dienone is 2. The Morgan fingerprint density at radius 3 is 2.56 bits per heavy atom. The van der Waals surface area contributed by atoms with Gasteiger partial charge in [0.05, 0.1) is 0 Å². The fourth-order valence-corrected chi connectivity index (χ4v) is 4.24. The molecular weight excluding hydrogens is 501 g/mol. The molecule has 0 fully saturated rings. The van der Waals surface area contributed by atoms with Crippen molar-refractivity contribution in [3.8, 4) is 0 Å². The van der Waals surface area contributed by atoms with E-state index in [1.165, 1.54) is 25.2 Å². The van der Waals surface area contributed by atoms with Crippen LogP contribution >= 0.6 is 34.4 Å². The average molecular weight is 509 g/mol. The predicted molar refractivity (Wildman–Crippen MR) is 69.2 cm³/mol. The molecule has 0 spiro atoms. The van der Waals surface area contributed by atoms with Crippen LogP contribution in [0.5, 0.6) is 0 Å². The monoisotopic (exact) mass is 506 g/mol. The molecule has 0 radical (unpaired) electrons. The zero-order valence-electron chi connectivity index (χ0n) is 9.31. The van der Waals surface area contributed by atoms with Crippen LogP contribution in [-0.4, -0.2) is 5.25 Å². The number of fused-ring (bicyclic) bond motifs is 3. The summed E-state index contributed by atoms with van der Waals surface area (Å²) in [5, 5.41) is 0.529. The molecule has 0 aromatic heterocycles. The van der Waals surface area contributed by atoms with Crippen LogP contribution in [0.4, 0.5) is 0 Å². The molecule has 0 saturated heterocycles. The Labute approximate surface area is 163 Å². The van der Waals surface area contributed by atoms with Gasteiger partial charge in [0, 0.05) is 0 Å². The Kier molecular flexibility index (Phi) is 10.6. The Hall–Kier alpha value is 1.53. The van der Waals surface area contributed by atoms with Gasteiger partial charge < -0.3 is 37.2 Å². The van der Waals surface area contributed by atoms with E-state index >= 15 is 0 Å². The van der Waals surface area contributed by atoms with Gasteiger partial charge in [0.25, 0.3) is 0 Å². The smallest absolute Gasteiger partial charge is 1.00 e. The maximum atomic E-state index is 3.46. The van der Waals surface area contributed by atoms with Crippen LogP contribution < -0.4 is 37.2 Å². The summed E-state index contributed by atoms with van der Waals surface area (Å²) in [6, 6.07) is 6.51. The van der Waals surface area contributed by atoms with Crippen LogP contribution in [0.1, 0.15) is 12.5 Å². The molecule has 0 bridgehead atoms. The van der Waals surface area contributed by atoms with Gasteiger partial charge in [-0.3, -0.25) is 0 Å². The number of rotatable bonds is 0. The molecule has 3 rings (SSSR count). The number of thioether (sulfide) groups is 1. The van der Waals surface area contributed by atoms with Crippen molar-refractivity contribution in [2.75, 3.05) is 0 Å². The van der Waals surface area contributed by atoms with Crippen molar-refractivity contribution in [3.63, 3.8) is 0 Å². The van der Waals surface area contributed by atoms with Crippen LogP contribution in [0.2, 0.25) is 0 Å². The summed E-state index contributed by atoms with van der Waals surface area (Å²) >= 11 is 4.36. The summed E-state index contributed by atoms with van der Waals surface area (Å²) in [5.41, 5.74) is 4.08. The van der Waals surface area contributed by atoms with E-state index in [9.17, 15) is 0 Å². The third-order valence-electron chi connectivity index (χ3n) is 2.52. The van der Waals surface area contributed by atoms with Crippen LogP contribution in [-0.2, 0) is 26.2 Å². The van der Waals surface area contributed by atoms with Gasteiger partial charge in [-0.2, -0.15) is 17.7 Å². The molecular formula is C12H8Cl3ISZr. The topological polar surface area (TPSA) is 0 Å². The molecule has 1 atom stereocenters. The molecule has 2 aliphatic rings. The van der Waals surface area contributed by atoms with E-state index in [1.807, 2.05) is 11.8 Å². The Bertz CT molecular complexity index is 488. The van der Waals surface area contributed by atoms with E-state index in [2.05, 4.69) is 59.9 Å². The minimum atomic E-state index is 0. The number of hydrogen-bond donors (Lipinski definition) is 0. The van der Waals surface area contributed by atoms with Crippen molar-refractivity contribution in [1.82, 2.24) is 0 Å². The second-order valence-electron chi connectivity index (χ2n) is 3.54. The normalized spacial score (nSPS) is 17.8. The van der Waals surface area contributed by atoms with Gasteiger partial charge >= 0.3 is 26.2 Å². The zero-order chi connectivity index (χ0) is 9.71. The molecule has 0 saturated carbocycles. The first-order chi connectivity index (χ1) is 6.75. The fourth-order valence-electron chi connectivity index (χ4n) is 1.93. The molecule has 1 aliphatic carbocycles. The molecule has 1 unspecified atom stereocenters. The zero-order valence-corrected chi connectivity index (χ0v) is 17.0. The molecule has 94 valence electrons. The van der Waals surface area contributed by atoms with Crippen LogP contribution in [0, 0.1) is 9.65 Å². The Balaban J connectivity index is 0. The van der Waals surface area contributed by atoms with Crippen molar-refractivity contribution in [2.45, 2.75) is 17.1 Å². The quantitative estimate of drug-likeness (QED) is 0.250. The minimum Gasteiger partial charge on any atom is -1.00 e. The molecule has 1 aliphatic heterocycles. The van der Waals surface area contributed by atoms with Crippen molar-refractivity contribution >= 4 is 39.9 Å². The first-order valence-corrected chi connectivity index (χ1v) is 6.49. The standard InChI is InChI=1S/C12H8IS.3ClH.Zr/c1-7-5-8-11(6-7)14-10-4-2-3-9(13)12(8)10;;;;/h2-4,6,11H,1H3;3*1H;/q-1;;;;+4/p-3. The molecule has 18 heavy (non-hydrogen) atoms. The maximum Gasteiger partial charge on any atom is 4.00 e. The summed E-state index contributed by atoms with van der Waals surface area (Å²) in [4.78, 5) is 1.41. The summed E-state index contributed by atoms with van der Waals surface area (Å²) in [6.45, 7) is 2.13. The van der Waals surface area contributed by atoms with Crippen molar-refractivity contribution < 1.29 is 63.4 Å². The second kappa shape index (κ2) is 8.74. The van der Waals surface area contributed by atoms with Gasteiger partial charge in [-0.15, -0.1) is 17.3 Å². The van der Waals surface area contributed by atoms with E-state index in [-0.39, 0.29) is 63.4 Å². The third-order valence-corrected chi connectivity index (χ3v) is 4.64. The number of halogens is 4. The maximum absolute atomic E-state index is 3.46.